The fraction of sp³-hybridized carbons (Fsp3) is 0.200. The average molecular weight is 150 g/mol. The summed E-state index contributed by atoms with van der Waals surface area (Å²) in [5.41, 5.74) is 0. The van der Waals surface area contributed by atoms with Crippen LogP contribution in [-0.4, -0.2) is 6.36 Å². The van der Waals surface area contributed by atoms with Gasteiger partial charge in [0.1, 0.15) is 5.76 Å². The van der Waals surface area contributed by atoms with Crippen molar-refractivity contribution < 1.29 is 17.9 Å². The standard InChI is InChI=1S/C5H3F3NO/c6-5(7,8)10-4-1-2-9-3-4/h1-3H. The Morgan fingerprint density at radius 1 is 1.40 bits per heavy atom. The zero-order chi connectivity index (χ0) is 7.61. The molecule has 0 N–H and O–H groups in total. The number of nitrogens with zero attached hydrogens (tertiary/aromatic N) is 1. The van der Waals surface area contributed by atoms with E-state index in [1.807, 2.05) is 0 Å². The van der Waals surface area contributed by atoms with Gasteiger partial charge in [0.05, 0.1) is 6.20 Å². The van der Waals surface area contributed by atoms with E-state index in [0.717, 1.165) is 12.3 Å². The van der Waals surface area contributed by atoms with Gasteiger partial charge in [-0.05, 0) is 0 Å². The second kappa shape index (κ2) is 2.24. The maximum Gasteiger partial charge on any atom is 0.573 e. The molecule has 0 saturated heterocycles. The van der Waals surface area contributed by atoms with Gasteiger partial charge in [-0.15, -0.1) is 13.2 Å². The second-order valence-electron chi connectivity index (χ2n) is 1.54. The average Bonchev–Trinajstić information content (AvgIpc) is 2.12. The highest BCUT2D eigenvalue weighted by atomic mass is 19.4. The van der Waals surface area contributed by atoms with E-state index in [4.69, 9.17) is 0 Å². The van der Waals surface area contributed by atoms with Crippen LogP contribution in [0.1, 0.15) is 0 Å². The smallest absolute Gasteiger partial charge is 0.404 e. The quantitative estimate of drug-likeness (QED) is 0.555. The first-order valence-corrected chi connectivity index (χ1v) is 2.40. The molecule has 0 amide bonds. The Kier molecular flexibility index (Phi) is 1.57. The van der Waals surface area contributed by atoms with Gasteiger partial charge in [0.25, 0.3) is 0 Å². The van der Waals surface area contributed by atoms with Crippen LogP contribution >= 0.6 is 0 Å². The van der Waals surface area contributed by atoms with Crippen molar-refractivity contribution >= 4 is 0 Å². The molecule has 55 valence electrons. The maximum atomic E-state index is 11.4. The SMILES string of the molecule is FC(F)(F)OC1=C[N]C=C1. The van der Waals surface area contributed by atoms with Gasteiger partial charge in [-0.25, -0.2) is 0 Å². The van der Waals surface area contributed by atoms with Gasteiger partial charge in [0.15, 0.2) is 0 Å². The molecule has 0 aromatic rings. The number of hydrogen-bond donors (Lipinski definition) is 0. The molecule has 1 aliphatic heterocycles. The summed E-state index contributed by atoms with van der Waals surface area (Å²) < 4.78 is 37.6. The molecular formula is C5H3F3NO. The van der Waals surface area contributed by atoms with Crippen molar-refractivity contribution in [3.63, 3.8) is 0 Å². The van der Waals surface area contributed by atoms with Crippen LogP contribution in [0.3, 0.4) is 0 Å². The largest absolute Gasteiger partial charge is 0.573 e. The zero-order valence-electron chi connectivity index (χ0n) is 4.72. The Bertz CT molecular complexity index is 182. The van der Waals surface area contributed by atoms with Crippen molar-refractivity contribution in [2.75, 3.05) is 0 Å². The highest BCUT2D eigenvalue weighted by Crippen LogP contribution is 2.21. The van der Waals surface area contributed by atoms with Gasteiger partial charge in [-0.2, -0.15) is 0 Å². The molecule has 0 unspecified atom stereocenters. The maximum absolute atomic E-state index is 11.4. The summed E-state index contributed by atoms with van der Waals surface area (Å²) in [6.45, 7) is 0. The minimum Gasteiger partial charge on any atom is -0.404 e. The summed E-state index contributed by atoms with van der Waals surface area (Å²) >= 11 is 0. The summed E-state index contributed by atoms with van der Waals surface area (Å²) in [6.07, 6.45) is -1.27. The molecule has 0 aromatic heterocycles. The number of hydrogen-bond acceptors (Lipinski definition) is 1. The molecule has 10 heavy (non-hydrogen) atoms. The third-order valence-corrected chi connectivity index (χ3v) is 0.760. The molecule has 1 heterocycles. The summed E-state index contributed by atoms with van der Waals surface area (Å²) in [4.78, 5) is 0. The van der Waals surface area contributed by atoms with Crippen LogP contribution in [0, 0.1) is 0 Å². The normalized spacial score (nSPS) is 16.5. The van der Waals surface area contributed by atoms with E-state index in [1.165, 1.54) is 6.20 Å². The first kappa shape index (κ1) is 6.98. The fourth-order valence-corrected chi connectivity index (χ4v) is 0.470. The molecule has 1 aliphatic rings. The van der Waals surface area contributed by atoms with E-state index < -0.39 is 6.36 Å². The number of allylic oxidation sites excluding steroid dienone is 1. The van der Waals surface area contributed by atoms with E-state index in [9.17, 15) is 13.2 Å². The van der Waals surface area contributed by atoms with Gasteiger partial charge in [-0.1, -0.05) is 0 Å². The van der Waals surface area contributed by atoms with Crippen LogP contribution in [0.4, 0.5) is 13.2 Å². The molecule has 0 bridgehead atoms. The number of halogens is 3. The van der Waals surface area contributed by atoms with Gasteiger partial charge in [-0.3, -0.25) is 5.32 Å². The molecular weight excluding hydrogens is 147 g/mol. The summed E-state index contributed by atoms with van der Waals surface area (Å²) in [7, 11) is 0. The fourth-order valence-electron chi connectivity index (χ4n) is 0.470. The van der Waals surface area contributed by atoms with Gasteiger partial charge < -0.3 is 4.74 Å². The first-order chi connectivity index (χ1) is 4.58. The monoisotopic (exact) mass is 150 g/mol. The van der Waals surface area contributed by atoms with Crippen molar-refractivity contribution in [3.05, 3.63) is 24.2 Å². The van der Waals surface area contributed by atoms with Crippen LogP contribution in [-0.2, 0) is 4.74 Å². The molecule has 1 rings (SSSR count). The second-order valence-corrected chi connectivity index (χ2v) is 1.54. The van der Waals surface area contributed by atoms with Crippen LogP contribution in [0.15, 0.2) is 24.2 Å². The van der Waals surface area contributed by atoms with E-state index in [-0.39, 0.29) is 5.76 Å². The number of alkyl halides is 3. The third kappa shape index (κ3) is 2.00. The van der Waals surface area contributed by atoms with Crippen LogP contribution in [0.25, 0.3) is 0 Å². The minimum atomic E-state index is -4.62. The molecule has 0 aliphatic carbocycles. The van der Waals surface area contributed by atoms with Crippen molar-refractivity contribution in [3.8, 4) is 0 Å². The molecule has 2 nitrogen and oxygen atoms in total. The Morgan fingerprint density at radius 2 is 2.10 bits per heavy atom. The highest BCUT2D eigenvalue weighted by molar-refractivity contribution is 5.17. The molecule has 1 radical (unpaired) electrons. The topological polar surface area (TPSA) is 23.3 Å². The molecule has 5 heteroatoms. The van der Waals surface area contributed by atoms with Gasteiger partial charge >= 0.3 is 6.36 Å². The first-order valence-electron chi connectivity index (χ1n) is 2.40. The lowest BCUT2D eigenvalue weighted by atomic mass is 10.6. The number of ether oxygens (including phenoxy) is 1. The minimum absolute atomic E-state index is 0.285. The highest BCUT2D eigenvalue weighted by Gasteiger charge is 2.31. The Labute approximate surface area is 55.0 Å². The van der Waals surface area contributed by atoms with Gasteiger partial charge in [0, 0.05) is 12.3 Å². The van der Waals surface area contributed by atoms with Crippen molar-refractivity contribution in [2.24, 2.45) is 0 Å². The summed E-state index contributed by atoms with van der Waals surface area (Å²) in [6, 6.07) is 0. The Hall–Kier alpha value is -1.13. The Morgan fingerprint density at radius 3 is 2.50 bits per heavy atom. The van der Waals surface area contributed by atoms with Crippen molar-refractivity contribution in [1.82, 2.24) is 5.32 Å². The number of rotatable bonds is 1. The summed E-state index contributed by atoms with van der Waals surface area (Å²) in [5, 5.41) is 3.38. The van der Waals surface area contributed by atoms with Crippen LogP contribution < -0.4 is 5.32 Å². The molecule has 0 atom stereocenters. The summed E-state index contributed by atoms with van der Waals surface area (Å²) in [5.74, 6) is -0.285. The lowest BCUT2D eigenvalue weighted by molar-refractivity contribution is -0.303. The molecule has 0 spiro atoms. The van der Waals surface area contributed by atoms with E-state index in [1.54, 1.807) is 0 Å². The Balaban J connectivity index is 2.46. The van der Waals surface area contributed by atoms with Crippen molar-refractivity contribution in [1.29, 1.82) is 0 Å². The van der Waals surface area contributed by atoms with Crippen LogP contribution in [0.2, 0.25) is 0 Å². The zero-order valence-corrected chi connectivity index (χ0v) is 4.72. The molecule has 0 aromatic carbocycles. The lowest BCUT2D eigenvalue weighted by Crippen LogP contribution is -2.11. The lowest BCUT2D eigenvalue weighted by Gasteiger charge is -2.05. The van der Waals surface area contributed by atoms with E-state index in [0.29, 0.717) is 0 Å². The predicted molar refractivity (Wildman–Crippen MR) is 26.5 cm³/mol. The van der Waals surface area contributed by atoms with E-state index in [2.05, 4.69) is 10.1 Å². The molecule has 0 saturated carbocycles. The van der Waals surface area contributed by atoms with Gasteiger partial charge in [0.2, 0.25) is 0 Å². The van der Waals surface area contributed by atoms with E-state index >= 15 is 0 Å². The van der Waals surface area contributed by atoms with Crippen LogP contribution in [0.5, 0.6) is 0 Å². The van der Waals surface area contributed by atoms with Crippen molar-refractivity contribution in [2.45, 2.75) is 6.36 Å². The molecule has 0 fully saturated rings. The predicted octanol–water partition coefficient (Wildman–Crippen LogP) is 1.50. The third-order valence-electron chi connectivity index (χ3n) is 0.760.